The normalized spacial score (nSPS) is 12.6. The highest BCUT2D eigenvalue weighted by Crippen LogP contribution is 2.24. The van der Waals surface area contributed by atoms with E-state index in [4.69, 9.17) is 17.3 Å². The molecule has 0 amide bonds. The number of nitrogens with zero attached hydrogens (tertiary/aromatic N) is 3. The number of benzene rings is 1. The summed E-state index contributed by atoms with van der Waals surface area (Å²) in [6.45, 7) is 3.53. The van der Waals surface area contributed by atoms with Gasteiger partial charge in [-0.15, -0.1) is 0 Å². The van der Waals surface area contributed by atoms with Gasteiger partial charge in [0.05, 0.1) is 28.3 Å². The van der Waals surface area contributed by atoms with Crippen molar-refractivity contribution in [3.8, 4) is 5.69 Å². The quantitative estimate of drug-likeness (QED) is 0.783. The molecule has 0 bridgehead atoms. The maximum absolute atomic E-state index is 14.1. The monoisotopic (exact) mass is 332 g/mol. The Hall–Kier alpha value is -2.31. The van der Waals surface area contributed by atoms with Gasteiger partial charge in [-0.1, -0.05) is 11.6 Å². The van der Waals surface area contributed by atoms with Crippen LogP contribution in [0.3, 0.4) is 0 Å². The zero-order valence-corrected chi connectivity index (χ0v) is 13.3. The van der Waals surface area contributed by atoms with Crippen LogP contribution in [0, 0.1) is 12.7 Å². The van der Waals surface area contributed by atoms with E-state index in [-0.39, 0.29) is 21.7 Å². The number of hydrogen-bond donors (Lipinski definition) is 1. The van der Waals surface area contributed by atoms with Crippen molar-refractivity contribution >= 4 is 22.5 Å². The van der Waals surface area contributed by atoms with Crippen LogP contribution in [0.2, 0.25) is 5.02 Å². The molecule has 0 aliphatic carbocycles. The van der Waals surface area contributed by atoms with Crippen molar-refractivity contribution in [1.82, 2.24) is 14.5 Å². The van der Waals surface area contributed by atoms with Crippen molar-refractivity contribution in [3.63, 3.8) is 0 Å². The summed E-state index contributed by atoms with van der Waals surface area (Å²) in [5.41, 5.74) is 6.77. The molecule has 1 aromatic carbocycles. The molecule has 23 heavy (non-hydrogen) atoms. The van der Waals surface area contributed by atoms with E-state index < -0.39 is 17.4 Å². The second-order valence-electron chi connectivity index (χ2n) is 5.37. The molecule has 1 unspecified atom stereocenters. The Morgan fingerprint density at radius 3 is 2.74 bits per heavy atom. The minimum Gasteiger partial charge on any atom is -0.322 e. The van der Waals surface area contributed by atoms with Gasteiger partial charge in [0.1, 0.15) is 17.2 Å². The molecule has 2 N–H and O–H groups in total. The van der Waals surface area contributed by atoms with Gasteiger partial charge in [0.2, 0.25) is 0 Å². The number of nitrogens with two attached hydrogens (primary N) is 1. The second kappa shape index (κ2) is 5.72. The molecule has 7 heteroatoms. The Kier molecular flexibility index (Phi) is 3.87. The van der Waals surface area contributed by atoms with E-state index in [1.165, 1.54) is 22.9 Å². The Labute approximate surface area is 136 Å². The lowest BCUT2D eigenvalue weighted by molar-refractivity contribution is 0.630. The highest BCUT2D eigenvalue weighted by Gasteiger charge is 2.19. The molecule has 3 aromatic rings. The highest BCUT2D eigenvalue weighted by molar-refractivity contribution is 6.35. The first-order valence-electron chi connectivity index (χ1n) is 6.98. The molecule has 0 radical (unpaired) electrons. The molecule has 1 atom stereocenters. The van der Waals surface area contributed by atoms with E-state index in [0.29, 0.717) is 5.69 Å². The van der Waals surface area contributed by atoms with Gasteiger partial charge in [0.15, 0.2) is 0 Å². The third-order valence-electron chi connectivity index (χ3n) is 3.48. The molecule has 0 saturated carbocycles. The third kappa shape index (κ3) is 2.60. The van der Waals surface area contributed by atoms with Crippen LogP contribution in [-0.4, -0.2) is 14.5 Å². The molecule has 0 aliphatic rings. The van der Waals surface area contributed by atoms with Gasteiger partial charge < -0.3 is 5.73 Å². The number of halogens is 2. The molecule has 3 rings (SSSR count). The average Bonchev–Trinajstić information content (AvgIpc) is 2.50. The zero-order valence-electron chi connectivity index (χ0n) is 12.5. The van der Waals surface area contributed by atoms with E-state index in [2.05, 4.69) is 9.97 Å². The van der Waals surface area contributed by atoms with Crippen molar-refractivity contribution < 1.29 is 4.39 Å². The van der Waals surface area contributed by atoms with Gasteiger partial charge in [-0.2, -0.15) is 0 Å². The summed E-state index contributed by atoms with van der Waals surface area (Å²) in [4.78, 5) is 21.3. The van der Waals surface area contributed by atoms with Crippen LogP contribution in [0.1, 0.15) is 24.4 Å². The molecular weight excluding hydrogens is 319 g/mol. The van der Waals surface area contributed by atoms with Crippen molar-refractivity contribution in [1.29, 1.82) is 0 Å². The van der Waals surface area contributed by atoms with Crippen LogP contribution in [0.25, 0.3) is 16.6 Å². The van der Waals surface area contributed by atoms with E-state index in [9.17, 15) is 9.18 Å². The lowest BCUT2D eigenvalue weighted by Gasteiger charge is -2.16. The first kappa shape index (κ1) is 15.6. The van der Waals surface area contributed by atoms with E-state index in [1.807, 2.05) is 6.92 Å². The first-order valence-corrected chi connectivity index (χ1v) is 7.36. The predicted octanol–water partition coefficient (Wildman–Crippen LogP) is 2.90. The minimum absolute atomic E-state index is 0.0255. The van der Waals surface area contributed by atoms with Crippen LogP contribution in [0.15, 0.2) is 35.4 Å². The molecule has 5 nitrogen and oxygen atoms in total. The molecule has 118 valence electrons. The maximum atomic E-state index is 14.1. The molecule has 0 fully saturated rings. The standard InChI is InChI=1S/C16H14ClFN4O/c1-8-5-10(7-20-6-8)22-15(9(2)19)21-14-12(18)4-3-11(17)13(14)16(22)23/h3-7,9H,19H2,1-2H3. The van der Waals surface area contributed by atoms with Crippen LogP contribution in [0.5, 0.6) is 0 Å². The maximum Gasteiger partial charge on any atom is 0.267 e. The van der Waals surface area contributed by atoms with Crippen molar-refractivity contribution in [2.45, 2.75) is 19.9 Å². The number of aromatic nitrogens is 3. The Balaban J connectivity index is 2.50. The predicted molar refractivity (Wildman–Crippen MR) is 87.4 cm³/mol. The number of hydrogen-bond acceptors (Lipinski definition) is 4. The lowest BCUT2D eigenvalue weighted by atomic mass is 10.2. The largest absolute Gasteiger partial charge is 0.322 e. The molecule has 2 aromatic heterocycles. The van der Waals surface area contributed by atoms with E-state index in [1.54, 1.807) is 19.2 Å². The van der Waals surface area contributed by atoms with E-state index in [0.717, 1.165) is 5.56 Å². The highest BCUT2D eigenvalue weighted by atomic mass is 35.5. The van der Waals surface area contributed by atoms with Crippen molar-refractivity contribution in [3.05, 3.63) is 63.2 Å². The van der Waals surface area contributed by atoms with Gasteiger partial charge in [0, 0.05) is 6.20 Å². The summed E-state index contributed by atoms with van der Waals surface area (Å²) in [6.07, 6.45) is 3.20. The van der Waals surface area contributed by atoms with Gasteiger partial charge in [-0.05, 0) is 37.6 Å². The Morgan fingerprint density at radius 2 is 2.09 bits per heavy atom. The number of aryl methyl sites for hydroxylation is 1. The van der Waals surface area contributed by atoms with Crippen molar-refractivity contribution in [2.24, 2.45) is 5.73 Å². The average molecular weight is 333 g/mol. The van der Waals surface area contributed by atoms with Crippen LogP contribution >= 0.6 is 11.6 Å². The fourth-order valence-corrected chi connectivity index (χ4v) is 2.68. The van der Waals surface area contributed by atoms with Crippen molar-refractivity contribution in [2.75, 3.05) is 0 Å². The van der Waals surface area contributed by atoms with Gasteiger partial charge in [0.25, 0.3) is 5.56 Å². The number of fused-ring (bicyclic) bond motifs is 1. The fraction of sp³-hybridized carbons (Fsp3) is 0.188. The summed E-state index contributed by atoms with van der Waals surface area (Å²) >= 11 is 6.09. The molecule has 0 saturated heterocycles. The summed E-state index contributed by atoms with van der Waals surface area (Å²) < 4.78 is 15.4. The van der Waals surface area contributed by atoms with Crippen LogP contribution < -0.4 is 11.3 Å². The summed E-state index contributed by atoms with van der Waals surface area (Å²) in [7, 11) is 0. The fourth-order valence-electron chi connectivity index (χ4n) is 2.45. The SMILES string of the molecule is Cc1cncc(-n2c(C(C)N)nc3c(F)ccc(Cl)c3c2=O)c1. The summed E-state index contributed by atoms with van der Waals surface area (Å²) in [6, 6.07) is 3.72. The molecule has 0 spiro atoms. The minimum atomic E-state index is -0.613. The van der Waals surface area contributed by atoms with E-state index >= 15 is 0 Å². The lowest BCUT2D eigenvalue weighted by Crippen LogP contribution is -2.28. The summed E-state index contributed by atoms with van der Waals surface area (Å²) in [5.74, 6) is -0.367. The molecular formula is C16H14ClFN4O. The molecule has 2 heterocycles. The number of pyridine rings is 1. The smallest absolute Gasteiger partial charge is 0.267 e. The number of rotatable bonds is 2. The Morgan fingerprint density at radius 1 is 1.35 bits per heavy atom. The van der Waals surface area contributed by atoms with Crippen LogP contribution in [0.4, 0.5) is 4.39 Å². The molecule has 0 aliphatic heterocycles. The first-order chi connectivity index (χ1) is 10.9. The zero-order chi connectivity index (χ0) is 16.7. The topological polar surface area (TPSA) is 73.8 Å². The van der Waals surface area contributed by atoms with Gasteiger partial charge >= 0.3 is 0 Å². The van der Waals surface area contributed by atoms with Gasteiger partial charge in [-0.25, -0.2) is 9.37 Å². The van der Waals surface area contributed by atoms with Gasteiger partial charge in [-0.3, -0.25) is 14.3 Å². The second-order valence-corrected chi connectivity index (χ2v) is 5.78. The third-order valence-corrected chi connectivity index (χ3v) is 3.79. The van der Waals surface area contributed by atoms with Crippen LogP contribution in [-0.2, 0) is 0 Å². The Bertz CT molecular complexity index is 968. The summed E-state index contributed by atoms with van der Waals surface area (Å²) in [5, 5.41) is 0.169.